The molecule has 0 aromatic heterocycles. The Bertz CT molecular complexity index is 354. The van der Waals surface area contributed by atoms with Gasteiger partial charge in [-0.05, 0) is 53.4 Å². The molecule has 1 spiro atoms. The number of carbonyl (C=O) groups is 1. The Balaban J connectivity index is 1.85. The van der Waals surface area contributed by atoms with Crippen molar-refractivity contribution in [1.82, 2.24) is 10.6 Å². The second-order valence-corrected chi connectivity index (χ2v) is 7.46. The van der Waals surface area contributed by atoms with Crippen LogP contribution in [-0.4, -0.2) is 49.0 Å². The van der Waals surface area contributed by atoms with Crippen LogP contribution in [0.15, 0.2) is 0 Å². The molecule has 1 amide bonds. The molecule has 0 aliphatic carbocycles. The molecule has 0 bridgehead atoms. The van der Waals surface area contributed by atoms with E-state index < -0.39 is 0 Å². The van der Waals surface area contributed by atoms with Gasteiger partial charge >= 0.3 is 0 Å². The molecule has 2 N–H and O–H groups in total. The van der Waals surface area contributed by atoms with Crippen molar-refractivity contribution in [2.45, 2.75) is 76.6 Å². The molecule has 122 valence electrons. The second-order valence-electron chi connectivity index (χ2n) is 7.46. The first-order valence-electron chi connectivity index (χ1n) is 8.09. The van der Waals surface area contributed by atoms with Crippen molar-refractivity contribution in [2.24, 2.45) is 0 Å². The molecule has 2 fully saturated rings. The zero-order chi connectivity index (χ0) is 15.5. The molecule has 5 nitrogen and oxygen atoms in total. The van der Waals surface area contributed by atoms with Crippen molar-refractivity contribution in [3.05, 3.63) is 0 Å². The fourth-order valence-electron chi connectivity index (χ4n) is 3.17. The van der Waals surface area contributed by atoms with Crippen LogP contribution in [0, 0.1) is 0 Å². The maximum absolute atomic E-state index is 12.2. The molecule has 2 atom stereocenters. The molecule has 0 saturated carbocycles. The van der Waals surface area contributed by atoms with E-state index in [0.29, 0.717) is 6.04 Å². The highest BCUT2D eigenvalue weighted by molar-refractivity contribution is 5.81. The number of nitrogens with one attached hydrogen (secondary N) is 2. The Morgan fingerprint density at radius 2 is 1.90 bits per heavy atom. The van der Waals surface area contributed by atoms with E-state index in [-0.39, 0.29) is 23.1 Å². The molecule has 2 aliphatic heterocycles. The minimum atomic E-state index is -0.190. The average molecular weight is 298 g/mol. The normalized spacial score (nSPS) is 27.3. The van der Waals surface area contributed by atoms with Crippen LogP contribution < -0.4 is 10.6 Å². The summed E-state index contributed by atoms with van der Waals surface area (Å²) in [5.74, 6) is 0.0648. The zero-order valence-corrected chi connectivity index (χ0v) is 13.8. The van der Waals surface area contributed by atoms with E-state index in [4.69, 9.17) is 9.47 Å². The van der Waals surface area contributed by atoms with Crippen LogP contribution >= 0.6 is 0 Å². The molecule has 2 unspecified atom stereocenters. The highest BCUT2D eigenvalue weighted by Gasteiger charge is 2.39. The van der Waals surface area contributed by atoms with Crippen molar-refractivity contribution in [3.63, 3.8) is 0 Å². The Hall–Kier alpha value is -0.650. The Kier molecular flexibility index (Phi) is 5.28. The summed E-state index contributed by atoms with van der Waals surface area (Å²) in [7, 11) is 0. The van der Waals surface area contributed by atoms with E-state index in [1.807, 2.05) is 27.7 Å². The lowest BCUT2D eigenvalue weighted by atomic mass is 9.84. The van der Waals surface area contributed by atoms with Crippen LogP contribution in [0.2, 0.25) is 0 Å². The van der Waals surface area contributed by atoms with E-state index in [9.17, 15) is 4.79 Å². The predicted molar refractivity (Wildman–Crippen MR) is 82.3 cm³/mol. The van der Waals surface area contributed by atoms with Gasteiger partial charge in [0, 0.05) is 31.4 Å². The molecule has 2 heterocycles. The fraction of sp³-hybridized carbons (Fsp3) is 0.938. The number of hydrogen-bond acceptors (Lipinski definition) is 4. The summed E-state index contributed by atoms with van der Waals surface area (Å²) in [6, 6.07) is 0.168. The molecule has 21 heavy (non-hydrogen) atoms. The van der Waals surface area contributed by atoms with E-state index in [2.05, 4.69) is 10.6 Å². The lowest BCUT2D eigenvalue weighted by Gasteiger charge is -2.44. The van der Waals surface area contributed by atoms with Crippen molar-refractivity contribution >= 4 is 5.91 Å². The first-order valence-corrected chi connectivity index (χ1v) is 8.09. The van der Waals surface area contributed by atoms with Gasteiger partial charge in [-0.1, -0.05) is 0 Å². The summed E-state index contributed by atoms with van der Waals surface area (Å²) in [6.45, 7) is 10.3. The SMILES string of the molecule is CC(NC1CCOC2(CCOCC2)C1)C(=O)NC(C)(C)C. The standard InChI is InChI=1S/C16H30N2O3/c1-12(14(19)18-15(2,3)4)17-13-5-8-21-16(11-13)6-9-20-10-7-16/h12-13,17H,5-11H2,1-4H3,(H,18,19). The van der Waals surface area contributed by atoms with Gasteiger partial charge in [-0.2, -0.15) is 0 Å². The van der Waals surface area contributed by atoms with E-state index >= 15 is 0 Å². The van der Waals surface area contributed by atoms with Gasteiger partial charge in [-0.25, -0.2) is 0 Å². The number of amides is 1. The van der Waals surface area contributed by atoms with Gasteiger partial charge in [0.05, 0.1) is 11.6 Å². The highest BCUT2D eigenvalue weighted by Crippen LogP contribution is 2.34. The van der Waals surface area contributed by atoms with Crippen LogP contribution in [0.1, 0.15) is 53.4 Å². The van der Waals surface area contributed by atoms with Crippen LogP contribution in [0.25, 0.3) is 0 Å². The third-order valence-electron chi connectivity index (χ3n) is 4.27. The van der Waals surface area contributed by atoms with Gasteiger partial charge < -0.3 is 20.1 Å². The van der Waals surface area contributed by atoms with Gasteiger partial charge in [-0.3, -0.25) is 4.79 Å². The summed E-state index contributed by atoms with van der Waals surface area (Å²) < 4.78 is 11.5. The molecule has 2 rings (SSSR count). The monoisotopic (exact) mass is 298 g/mol. The Labute approximate surface area is 128 Å². The third kappa shape index (κ3) is 4.94. The third-order valence-corrected chi connectivity index (χ3v) is 4.27. The average Bonchev–Trinajstić information content (AvgIpc) is 2.37. The predicted octanol–water partition coefficient (Wildman–Crippen LogP) is 1.61. The quantitative estimate of drug-likeness (QED) is 0.831. The largest absolute Gasteiger partial charge is 0.381 e. The molecule has 0 aromatic rings. The maximum Gasteiger partial charge on any atom is 0.237 e. The highest BCUT2D eigenvalue weighted by atomic mass is 16.5. The Morgan fingerprint density at radius 3 is 2.52 bits per heavy atom. The summed E-state index contributed by atoms with van der Waals surface area (Å²) in [6.07, 6.45) is 3.88. The molecular weight excluding hydrogens is 268 g/mol. The smallest absolute Gasteiger partial charge is 0.237 e. The van der Waals surface area contributed by atoms with Crippen LogP contribution in [-0.2, 0) is 14.3 Å². The fourth-order valence-corrected chi connectivity index (χ4v) is 3.17. The van der Waals surface area contributed by atoms with Gasteiger partial charge in [0.1, 0.15) is 0 Å². The lowest BCUT2D eigenvalue weighted by Crippen LogP contribution is -2.55. The summed E-state index contributed by atoms with van der Waals surface area (Å²) in [5.41, 5.74) is -0.223. The van der Waals surface area contributed by atoms with Crippen LogP contribution in [0.4, 0.5) is 0 Å². The first kappa shape index (κ1) is 16.7. The minimum Gasteiger partial charge on any atom is -0.381 e. The van der Waals surface area contributed by atoms with Gasteiger partial charge in [0.2, 0.25) is 5.91 Å². The van der Waals surface area contributed by atoms with Crippen molar-refractivity contribution in [3.8, 4) is 0 Å². The zero-order valence-electron chi connectivity index (χ0n) is 13.8. The van der Waals surface area contributed by atoms with Crippen molar-refractivity contribution in [2.75, 3.05) is 19.8 Å². The second kappa shape index (κ2) is 6.63. The summed E-state index contributed by atoms with van der Waals surface area (Å²) in [4.78, 5) is 12.2. The first-order chi connectivity index (χ1) is 9.80. The maximum atomic E-state index is 12.2. The lowest BCUT2D eigenvalue weighted by molar-refractivity contribution is -0.142. The number of hydrogen-bond donors (Lipinski definition) is 2. The minimum absolute atomic E-state index is 0.0333. The van der Waals surface area contributed by atoms with E-state index in [0.717, 1.165) is 45.5 Å². The van der Waals surface area contributed by atoms with Crippen LogP contribution in [0.3, 0.4) is 0 Å². The van der Waals surface area contributed by atoms with E-state index in [1.54, 1.807) is 0 Å². The molecule has 0 aromatic carbocycles. The van der Waals surface area contributed by atoms with Crippen molar-refractivity contribution < 1.29 is 14.3 Å². The molecule has 0 radical (unpaired) electrons. The summed E-state index contributed by atoms with van der Waals surface area (Å²) >= 11 is 0. The molecular formula is C16H30N2O3. The number of ether oxygens (including phenoxy) is 2. The molecule has 2 aliphatic rings. The topological polar surface area (TPSA) is 59.6 Å². The van der Waals surface area contributed by atoms with Gasteiger partial charge in [-0.15, -0.1) is 0 Å². The number of carbonyl (C=O) groups excluding carboxylic acids is 1. The molecule has 5 heteroatoms. The van der Waals surface area contributed by atoms with Gasteiger partial charge in [0.15, 0.2) is 0 Å². The van der Waals surface area contributed by atoms with Crippen molar-refractivity contribution in [1.29, 1.82) is 0 Å². The molecule has 2 saturated heterocycles. The number of rotatable bonds is 3. The van der Waals surface area contributed by atoms with E-state index in [1.165, 1.54) is 0 Å². The summed E-state index contributed by atoms with van der Waals surface area (Å²) in [5, 5.41) is 6.51. The van der Waals surface area contributed by atoms with Crippen LogP contribution in [0.5, 0.6) is 0 Å². The Morgan fingerprint density at radius 1 is 1.24 bits per heavy atom. The van der Waals surface area contributed by atoms with Gasteiger partial charge in [0.25, 0.3) is 0 Å².